The van der Waals surface area contributed by atoms with Crippen LogP contribution < -0.4 is 4.74 Å². The second-order valence-corrected chi connectivity index (χ2v) is 6.45. The van der Waals surface area contributed by atoms with Crippen LogP contribution in [0.2, 0.25) is 0 Å². The SMILES string of the molecule is Cc1csc(-c2ccc(OCc3ncc(-c4ccccc4)o3)cc2)n1. The van der Waals surface area contributed by atoms with Crippen molar-refractivity contribution in [3.8, 4) is 27.6 Å². The van der Waals surface area contributed by atoms with Gasteiger partial charge in [0.25, 0.3) is 0 Å². The van der Waals surface area contributed by atoms with Gasteiger partial charge in [0.2, 0.25) is 5.89 Å². The van der Waals surface area contributed by atoms with E-state index in [0.717, 1.165) is 33.3 Å². The highest BCUT2D eigenvalue weighted by Gasteiger charge is 2.07. The van der Waals surface area contributed by atoms with E-state index in [1.807, 2.05) is 66.9 Å². The van der Waals surface area contributed by atoms with Crippen molar-refractivity contribution in [2.75, 3.05) is 0 Å². The first-order valence-corrected chi connectivity index (χ1v) is 8.81. The number of hydrogen-bond acceptors (Lipinski definition) is 5. The zero-order valence-electron chi connectivity index (χ0n) is 13.7. The fourth-order valence-electron chi connectivity index (χ4n) is 2.44. The van der Waals surface area contributed by atoms with E-state index in [9.17, 15) is 0 Å². The van der Waals surface area contributed by atoms with Crippen LogP contribution in [0.4, 0.5) is 0 Å². The molecular weight excluding hydrogens is 332 g/mol. The summed E-state index contributed by atoms with van der Waals surface area (Å²) < 4.78 is 11.5. The van der Waals surface area contributed by atoms with Crippen LogP contribution in [0, 0.1) is 6.92 Å². The monoisotopic (exact) mass is 348 g/mol. The topological polar surface area (TPSA) is 48.2 Å². The molecule has 0 atom stereocenters. The number of benzene rings is 2. The average Bonchev–Trinajstić information content (AvgIpc) is 3.30. The van der Waals surface area contributed by atoms with Gasteiger partial charge in [-0.05, 0) is 31.2 Å². The van der Waals surface area contributed by atoms with E-state index in [4.69, 9.17) is 9.15 Å². The van der Waals surface area contributed by atoms with Gasteiger partial charge < -0.3 is 9.15 Å². The Morgan fingerprint density at radius 2 is 1.80 bits per heavy atom. The highest BCUT2D eigenvalue weighted by Crippen LogP contribution is 2.26. The second-order valence-electron chi connectivity index (χ2n) is 5.59. The van der Waals surface area contributed by atoms with E-state index in [-0.39, 0.29) is 0 Å². The molecule has 25 heavy (non-hydrogen) atoms. The molecule has 0 amide bonds. The molecule has 0 aliphatic heterocycles. The number of oxazole rings is 1. The van der Waals surface area contributed by atoms with Crippen LogP contribution in [-0.2, 0) is 6.61 Å². The number of ether oxygens (including phenoxy) is 1. The third kappa shape index (κ3) is 3.61. The Hall–Kier alpha value is -2.92. The molecule has 0 aliphatic rings. The Morgan fingerprint density at radius 1 is 1.00 bits per heavy atom. The molecule has 0 unspecified atom stereocenters. The van der Waals surface area contributed by atoms with E-state index in [2.05, 4.69) is 9.97 Å². The molecule has 0 aliphatic carbocycles. The summed E-state index contributed by atoms with van der Waals surface area (Å²) in [6, 6.07) is 17.8. The van der Waals surface area contributed by atoms with Gasteiger partial charge in [0.1, 0.15) is 10.8 Å². The molecule has 5 heteroatoms. The first-order valence-electron chi connectivity index (χ1n) is 7.93. The van der Waals surface area contributed by atoms with Gasteiger partial charge in [-0.15, -0.1) is 11.3 Å². The van der Waals surface area contributed by atoms with Gasteiger partial charge in [-0.1, -0.05) is 30.3 Å². The lowest BCUT2D eigenvalue weighted by Crippen LogP contribution is -1.95. The molecule has 4 nitrogen and oxygen atoms in total. The first kappa shape index (κ1) is 15.6. The average molecular weight is 348 g/mol. The summed E-state index contributed by atoms with van der Waals surface area (Å²) in [5, 5.41) is 3.07. The van der Waals surface area contributed by atoms with Crippen LogP contribution in [0.5, 0.6) is 5.75 Å². The minimum Gasteiger partial charge on any atom is -0.484 e. The van der Waals surface area contributed by atoms with Crippen LogP contribution in [0.15, 0.2) is 70.6 Å². The van der Waals surface area contributed by atoms with Crippen LogP contribution in [0.25, 0.3) is 21.9 Å². The number of aromatic nitrogens is 2. The van der Waals surface area contributed by atoms with E-state index in [0.29, 0.717) is 12.5 Å². The van der Waals surface area contributed by atoms with Crippen molar-refractivity contribution in [3.05, 3.63) is 77.8 Å². The van der Waals surface area contributed by atoms with Crippen molar-refractivity contribution < 1.29 is 9.15 Å². The molecule has 0 saturated heterocycles. The number of rotatable bonds is 5. The fourth-order valence-corrected chi connectivity index (χ4v) is 3.24. The zero-order chi connectivity index (χ0) is 17.1. The number of aryl methyl sites for hydroxylation is 1. The minimum absolute atomic E-state index is 0.294. The second kappa shape index (κ2) is 6.91. The third-order valence-electron chi connectivity index (χ3n) is 3.69. The van der Waals surface area contributed by atoms with Crippen molar-refractivity contribution in [2.24, 2.45) is 0 Å². The molecule has 0 saturated carbocycles. The summed E-state index contributed by atoms with van der Waals surface area (Å²) in [5.74, 6) is 2.07. The van der Waals surface area contributed by atoms with Crippen molar-refractivity contribution in [1.82, 2.24) is 9.97 Å². The predicted octanol–water partition coefficient (Wildman–Crippen LogP) is 5.35. The maximum absolute atomic E-state index is 5.76. The van der Waals surface area contributed by atoms with Crippen molar-refractivity contribution in [1.29, 1.82) is 0 Å². The summed E-state index contributed by atoms with van der Waals surface area (Å²) in [5.41, 5.74) is 3.13. The molecule has 2 heterocycles. The fraction of sp³-hybridized carbons (Fsp3) is 0.100. The maximum atomic E-state index is 5.76. The molecule has 4 aromatic rings. The van der Waals surface area contributed by atoms with Gasteiger partial charge in [-0.2, -0.15) is 0 Å². The molecule has 0 radical (unpaired) electrons. The lowest BCUT2D eigenvalue weighted by Gasteiger charge is -2.04. The highest BCUT2D eigenvalue weighted by molar-refractivity contribution is 7.13. The third-order valence-corrected chi connectivity index (χ3v) is 4.70. The van der Waals surface area contributed by atoms with E-state index >= 15 is 0 Å². The Morgan fingerprint density at radius 3 is 2.52 bits per heavy atom. The lowest BCUT2D eigenvalue weighted by atomic mass is 10.2. The Bertz CT molecular complexity index is 959. The molecule has 2 aromatic carbocycles. The summed E-state index contributed by atoms with van der Waals surface area (Å²) in [7, 11) is 0. The van der Waals surface area contributed by atoms with Gasteiger partial charge in [-0.25, -0.2) is 9.97 Å². The highest BCUT2D eigenvalue weighted by atomic mass is 32.1. The van der Waals surface area contributed by atoms with Gasteiger partial charge in [0.05, 0.1) is 6.20 Å². The van der Waals surface area contributed by atoms with E-state index < -0.39 is 0 Å². The molecule has 0 spiro atoms. The normalized spacial score (nSPS) is 10.8. The summed E-state index contributed by atoms with van der Waals surface area (Å²) in [6.07, 6.45) is 1.72. The molecule has 124 valence electrons. The van der Waals surface area contributed by atoms with Crippen LogP contribution >= 0.6 is 11.3 Å². The number of hydrogen-bond donors (Lipinski definition) is 0. The molecule has 2 aromatic heterocycles. The van der Waals surface area contributed by atoms with E-state index in [1.165, 1.54) is 0 Å². The lowest BCUT2D eigenvalue weighted by molar-refractivity contribution is 0.264. The summed E-state index contributed by atoms with van der Waals surface area (Å²) >= 11 is 1.64. The standard InChI is InChI=1S/C20H16N2O2S/c1-14-13-25-20(22-14)16-7-9-17(10-8-16)23-12-19-21-11-18(24-19)15-5-3-2-4-6-15/h2-11,13H,12H2,1H3. The molecule has 0 fully saturated rings. The largest absolute Gasteiger partial charge is 0.484 e. The number of nitrogens with zero attached hydrogens (tertiary/aromatic N) is 2. The van der Waals surface area contributed by atoms with Crippen LogP contribution in [-0.4, -0.2) is 9.97 Å². The molecule has 0 bridgehead atoms. The van der Waals surface area contributed by atoms with Crippen molar-refractivity contribution >= 4 is 11.3 Å². The van der Waals surface area contributed by atoms with Crippen LogP contribution in [0.1, 0.15) is 11.6 Å². The molecule has 4 rings (SSSR count). The minimum atomic E-state index is 0.294. The van der Waals surface area contributed by atoms with E-state index in [1.54, 1.807) is 17.5 Å². The van der Waals surface area contributed by atoms with Gasteiger partial charge in [-0.3, -0.25) is 0 Å². The maximum Gasteiger partial charge on any atom is 0.232 e. The summed E-state index contributed by atoms with van der Waals surface area (Å²) in [6.45, 7) is 2.29. The van der Waals surface area contributed by atoms with Gasteiger partial charge in [0, 0.05) is 22.2 Å². The Labute approximate surface area is 149 Å². The quantitative estimate of drug-likeness (QED) is 0.487. The van der Waals surface area contributed by atoms with Crippen molar-refractivity contribution in [3.63, 3.8) is 0 Å². The first-order chi connectivity index (χ1) is 12.3. The van der Waals surface area contributed by atoms with Crippen LogP contribution in [0.3, 0.4) is 0 Å². The molecular formula is C20H16N2O2S. The molecule has 0 N–H and O–H groups in total. The number of thiazole rings is 1. The zero-order valence-corrected chi connectivity index (χ0v) is 14.5. The summed E-state index contributed by atoms with van der Waals surface area (Å²) in [4.78, 5) is 8.76. The van der Waals surface area contributed by atoms with Gasteiger partial charge in [0.15, 0.2) is 12.4 Å². The Balaban J connectivity index is 1.41. The smallest absolute Gasteiger partial charge is 0.232 e. The Kier molecular flexibility index (Phi) is 4.31. The van der Waals surface area contributed by atoms with Crippen molar-refractivity contribution in [2.45, 2.75) is 13.5 Å². The predicted molar refractivity (Wildman–Crippen MR) is 98.6 cm³/mol. The van der Waals surface area contributed by atoms with Gasteiger partial charge >= 0.3 is 0 Å².